The third kappa shape index (κ3) is 14.9. The largest absolute Gasteiger partial charge is 0.462 e. The van der Waals surface area contributed by atoms with Gasteiger partial charge in [0.05, 0.1) is 0 Å². The minimum absolute atomic E-state index is 0.0149. The van der Waals surface area contributed by atoms with Gasteiger partial charge in [-0.15, -0.1) is 0 Å². The number of rotatable bonds is 34. The van der Waals surface area contributed by atoms with Crippen LogP contribution in [0.2, 0.25) is 0 Å². The third-order valence-corrected chi connectivity index (χ3v) is 21.8. The van der Waals surface area contributed by atoms with Crippen molar-refractivity contribution in [3.63, 3.8) is 0 Å². The van der Waals surface area contributed by atoms with Gasteiger partial charge in [0.15, 0.2) is 0 Å². The van der Waals surface area contributed by atoms with Crippen LogP contribution in [0.4, 0.5) is 0 Å². The Morgan fingerprint density at radius 3 is 1.44 bits per heavy atom. The summed E-state index contributed by atoms with van der Waals surface area (Å²) in [4.78, 5) is 13.4. The molecule has 5 aliphatic rings. The SMILES string of the molecule is CCCCCCCCCCCCCCCCCCCCCCCCCCCCCCCCCC(=O)O[C@@H]1CC[C@]2(C)[C@H]3CC=C4[C@H]5CC(C)(C)CC[C@]5(CO)[C@@H](C)C[C@@]4(C)[C@]3(C)CC[C@H]2C1(C)C. The maximum Gasteiger partial charge on any atom is 0.306 e. The molecule has 0 aromatic heterocycles. The molecular formula is C65H118O3. The second-order valence-corrected chi connectivity index (χ2v) is 27.4. The number of carbonyl (C=O) groups excluding carboxylic acids is 1. The third-order valence-electron chi connectivity index (χ3n) is 21.8. The van der Waals surface area contributed by atoms with Crippen LogP contribution in [0.1, 0.15) is 326 Å². The van der Waals surface area contributed by atoms with Crippen LogP contribution in [0, 0.1) is 56.2 Å². The number of aliphatic hydroxyl groups is 1. The zero-order valence-electron chi connectivity index (χ0n) is 47.4. The molecule has 0 aromatic carbocycles. The number of aliphatic hydroxyl groups excluding tert-OH is 1. The molecule has 0 amide bonds. The normalized spacial score (nSPS) is 32.7. The summed E-state index contributed by atoms with van der Waals surface area (Å²) in [6.07, 6.45) is 58.0. The van der Waals surface area contributed by atoms with E-state index >= 15 is 0 Å². The summed E-state index contributed by atoms with van der Waals surface area (Å²) in [5.41, 5.74) is 2.79. The molecule has 0 spiro atoms. The highest BCUT2D eigenvalue weighted by molar-refractivity contribution is 5.69. The lowest BCUT2D eigenvalue weighted by molar-refractivity contribution is -0.217. The van der Waals surface area contributed by atoms with Crippen LogP contribution in [0.3, 0.4) is 0 Å². The van der Waals surface area contributed by atoms with Crippen molar-refractivity contribution in [3.05, 3.63) is 11.6 Å². The molecule has 4 saturated carbocycles. The van der Waals surface area contributed by atoms with Gasteiger partial charge < -0.3 is 9.84 Å². The summed E-state index contributed by atoms with van der Waals surface area (Å²) in [5.74, 6) is 2.31. The molecule has 0 heterocycles. The average molecular weight is 948 g/mol. The fraction of sp³-hybridized carbons (Fsp3) is 0.954. The topological polar surface area (TPSA) is 46.5 Å². The first-order valence-corrected chi connectivity index (χ1v) is 31.1. The second kappa shape index (κ2) is 28.0. The highest BCUT2D eigenvalue weighted by Gasteiger charge is 2.69. The van der Waals surface area contributed by atoms with Gasteiger partial charge in [0.2, 0.25) is 0 Å². The molecule has 0 radical (unpaired) electrons. The molecular weight excluding hydrogens is 829 g/mol. The Morgan fingerprint density at radius 2 is 1.00 bits per heavy atom. The van der Waals surface area contributed by atoms with Crippen molar-refractivity contribution in [1.82, 2.24) is 0 Å². The van der Waals surface area contributed by atoms with Gasteiger partial charge in [0, 0.05) is 23.9 Å². The van der Waals surface area contributed by atoms with E-state index in [1.807, 2.05) is 0 Å². The van der Waals surface area contributed by atoms with E-state index in [2.05, 4.69) is 68.4 Å². The van der Waals surface area contributed by atoms with Crippen molar-refractivity contribution >= 4 is 5.97 Å². The summed E-state index contributed by atoms with van der Waals surface area (Å²) < 4.78 is 6.48. The Kier molecular flexibility index (Phi) is 23.9. The molecule has 0 unspecified atom stereocenters. The smallest absolute Gasteiger partial charge is 0.306 e. The number of esters is 1. The lowest BCUT2D eigenvalue weighted by Gasteiger charge is -2.72. The van der Waals surface area contributed by atoms with Crippen LogP contribution in [0.5, 0.6) is 0 Å². The van der Waals surface area contributed by atoms with Gasteiger partial charge in [-0.3, -0.25) is 4.79 Å². The number of allylic oxidation sites excluding steroid dienone is 2. The number of fused-ring (bicyclic) bond motifs is 7. The molecule has 5 aliphatic carbocycles. The first-order valence-electron chi connectivity index (χ1n) is 31.1. The number of unbranched alkanes of at least 4 members (excludes halogenated alkanes) is 30. The van der Waals surface area contributed by atoms with E-state index in [0.717, 1.165) is 19.3 Å². The predicted molar refractivity (Wildman–Crippen MR) is 294 cm³/mol. The zero-order valence-corrected chi connectivity index (χ0v) is 47.4. The van der Waals surface area contributed by atoms with Gasteiger partial charge in [-0.05, 0) is 110 Å². The molecule has 0 aliphatic heterocycles. The first-order chi connectivity index (χ1) is 32.6. The van der Waals surface area contributed by atoms with E-state index in [9.17, 15) is 9.90 Å². The van der Waals surface area contributed by atoms with E-state index in [1.165, 1.54) is 238 Å². The maximum atomic E-state index is 13.4. The lowest BCUT2D eigenvalue weighted by Crippen LogP contribution is -2.66. The molecule has 3 heteroatoms. The Bertz CT molecular complexity index is 1460. The van der Waals surface area contributed by atoms with Crippen LogP contribution >= 0.6 is 0 Å². The molecule has 5 rings (SSSR count). The molecule has 0 aromatic rings. The van der Waals surface area contributed by atoms with Gasteiger partial charge in [0.1, 0.15) is 6.10 Å². The quantitative estimate of drug-likeness (QED) is 0.0397. The Balaban J connectivity index is 0.849. The first kappa shape index (κ1) is 58.1. The summed E-state index contributed by atoms with van der Waals surface area (Å²) in [6, 6.07) is 0. The zero-order chi connectivity index (χ0) is 49.2. The second-order valence-electron chi connectivity index (χ2n) is 27.4. The minimum atomic E-state index is -0.0149. The summed E-state index contributed by atoms with van der Waals surface area (Å²) in [6.45, 7) is 23.0. The van der Waals surface area contributed by atoms with Gasteiger partial charge in [-0.1, -0.05) is 267 Å². The molecule has 0 saturated heterocycles. The highest BCUT2D eigenvalue weighted by Crippen LogP contribution is 2.76. The van der Waals surface area contributed by atoms with E-state index in [1.54, 1.807) is 5.57 Å². The predicted octanol–water partition coefficient (Wildman–Crippen LogP) is 20.4. The van der Waals surface area contributed by atoms with Crippen LogP contribution in [-0.4, -0.2) is 23.8 Å². The Labute approximate surface area is 424 Å². The van der Waals surface area contributed by atoms with Gasteiger partial charge in [-0.2, -0.15) is 0 Å². The van der Waals surface area contributed by atoms with Crippen LogP contribution < -0.4 is 0 Å². The molecule has 1 N–H and O–H groups in total. The van der Waals surface area contributed by atoms with Crippen LogP contribution in [-0.2, 0) is 9.53 Å². The lowest BCUT2D eigenvalue weighted by atomic mass is 9.32. The number of hydrogen-bond donors (Lipinski definition) is 1. The van der Waals surface area contributed by atoms with Crippen molar-refractivity contribution in [2.75, 3.05) is 6.61 Å². The van der Waals surface area contributed by atoms with Gasteiger partial charge >= 0.3 is 5.97 Å². The monoisotopic (exact) mass is 947 g/mol. The average Bonchev–Trinajstić information content (AvgIpc) is 3.29. The fourth-order valence-electron chi connectivity index (χ4n) is 17.1. The minimum Gasteiger partial charge on any atom is -0.462 e. The number of ether oxygens (including phenoxy) is 1. The fourth-order valence-corrected chi connectivity index (χ4v) is 17.1. The molecule has 3 nitrogen and oxygen atoms in total. The molecule has 0 bridgehead atoms. The van der Waals surface area contributed by atoms with E-state index in [0.29, 0.717) is 42.1 Å². The van der Waals surface area contributed by atoms with Gasteiger partial charge in [-0.25, -0.2) is 0 Å². The van der Waals surface area contributed by atoms with Gasteiger partial charge in [0.25, 0.3) is 0 Å². The van der Waals surface area contributed by atoms with E-state index in [-0.39, 0.29) is 39.1 Å². The number of hydrogen-bond acceptors (Lipinski definition) is 3. The Morgan fingerprint density at radius 1 is 0.559 bits per heavy atom. The Hall–Kier alpha value is -0.830. The van der Waals surface area contributed by atoms with E-state index in [4.69, 9.17) is 4.74 Å². The van der Waals surface area contributed by atoms with Crippen LogP contribution in [0.15, 0.2) is 11.6 Å². The molecule has 4 fully saturated rings. The molecule has 396 valence electrons. The highest BCUT2D eigenvalue weighted by atomic mass is 16.5. The molecule has 9 atom stereocenters. The van der Waals surface area contributed by atoms with Crippen molar-refractivity contribution in [2.24, 2.45) is 56.2 Å². The summed E-state index contributed by atoms with van der Waals surface area (Å²) >= 11 is 0. The summed E-state index contributed by atoms with van der Waals surface area (Å²) in [5, 5.41) is 11.1. The van der Waals surface area contributed by atoms with Crippen molar-refractivity contribution < 1.29 is 14.6 Å². The number of carbonyl (C=O) groups is 1. The maximum absolute atomic E-state index is 13.4. The van der Waals surface area contributed by atoms with Crippen molar-refractivity contribution in [3.8, 4) is 0 Å². The van der Waals surface area contributed by atoms with Crippen molar-refractivity contribution in [2.45, 2.75) is 332 Å². The molecule has 68 heavy (non-hydrogen) atoms. The van der Waals surface area contributed by atoms with E-state index < -0.39 is 0 Å². The van der Waals surface area contributed by atoms with Crippen LogP contribution in [0.25, 0.3) is 0 Å². The standard InChI is InChI=1S/C65H118O3/c1-10-11-12-13-14-15-16-17-18-19-20-21-22-23-24-25-26-27-28-29-30-31-32-33-34-35-36-37-38-39-40-41-59(67)68-58-45-46-62(7)56(61(58,5)6)44-47-63(8)57(62)43-42-54-55-51-60(3,4)48-49-65(55,52-66)53(2)50-64(54,63)9/h42,53,55-58,66H,10-41,43-52H2,1-9H3/t53-,55+,56-,57+,58+,62-,63+,64+,65-/m0/s1. The summed E-state index contributed by atoms with van der Waals surface area (Å²) in [7, 11) is 0. The van der Waals surface area contributed by atoms with Crippen molar-refractivity contribution in [1.29, 1.82) is 0 Å².